The number of para-hydroxylation sites is 1. The lowest BCUT2D eigenvalue weighted by molar-refractivity contribution is -0.704. The maximum absolute atomic E-state index is 5.12. The average Bonchev–Trinajstić information content (AvgIpc) is 2.71. The number of benzene rings is 3. The lowest BCUT2D eigenvalue weighted by atomic mass is 9.74. The van der Waals surface area contributed by atoms with Gasteiger partial charge in [0.2, 0.25) is 11.2 Å². The van der Waals surface area contributed by atoms with Crippen LogP contribution in [0, 0.1) is 0 Å². The predicted molar refractivity (Wildman–Crippen MR) is 104 cm³/mol. The van der Waals surface area contributed by atoms with Gasteiger partial charge in [-0.25, -0.2) is 4.98 Å². The van der Waals surface area contributed by atoms with Gasteiger partial charge in [-0.2, -0.15) is 4.57 Å². The maximum Gasteiger partial charge on any atom is 0.242 e. The van der Waals surface area contributed by atoms with Gasteiger partial charge in [0.25, 0.3) is 0 Å². The van der Waals surface area contributed by atoms with E-state index in [0.29, 0.717) is 12.0 Å². The van der Waals surface area contributed by atoms with Gasteiger partial charge in [-0.15, -0.1) is 0 Å². The summed E-state index contributed by atoms with van der Waals surface area (Å²) in [6, 6.07) is 26.6. The summed E-state index contributed by atoms with van der Waals surface area (Å²) in [5.41, 5.74) is 10.3. The summed E-state index contributed by atoms with van der Waals surface area (Å²) < 4.78 is 2.57. The van der Waals surface area contributed by atoms with Crippen LogP contribution in [0.1, 0.15) is 36.4 Å². The fraction of sp³-hybridized carbons (Fsp3) is 0.167. The first-order valence-electron chi connectivity index (χ1n) is 9.41. The first-order chi connectivity index (χ1) is 12.9. The van der Waals surface area contributed by atoms with Gasteiger partial charge in [0.15, 0.2) is 6.04 Å². The molecular formula is C24H19N2+. The highest BCUT2D eigenvalue weighted by atomic mass is 15.1. The fourth-order valence-electron chi connectivity index (χ4n) is 4.99. The van der Waals surface area contributed by atoms with Crippen molar-refractivity contribution in [1.82, 2.24) is 4.98 Å². The third-order valence-electron chi connectivity index (χ3n) is 6.06. The van der Waals surface area contributed by atoms with Gasteiger partial charge in [-0.3, -0.25) is 0 Å². The summed E-state index contributed by atoms with van der Waals surface area (Å²) in [5, 5.41) is 0. The zero-order chi connectivity index (χ0) is 17.3. The Hall–Kier alpha value is -3.00. The first kappa shape index (κ1) is 14.2. The minimum absolute atomic E-state index is 0.439. The summed E-state index contributed by atoms with van der Waals surface area (Å²) in [6.45, 7) is 2.31. The molecule has 2 heteroatoms. The summed E-state index contributed by atoms with van der Waals surface area (Å²) >= 11 is 0. The Morgan fingerprint density at radius 1 is 0.846 bits per heavy atom. The van der Waals surface area contributed by atoms with Crippen LogP contribution in [0.2, 0.25) is 0 Å². The number of hydrogen-bond donors (Lipinski definition) is 0. The van der Waals surface area contributed by atoms with Gasteiger partial charge in [0, 0.05) is 5.56 Å². The van der Waals surface area contributed by atoms with Gasteiger partial charge < -0.3 is 0 Å². The monoisotopic (exact) mass is 335 g/mol. The van der Waals surface area contributed by atoms with E-state index in [9.17, 15) is 0 Å². The van der Waals surface area contributed by atoms with Gasteiger partial charge in [0.05, 0.1) is 17.0 Å². The Balaban J connectivity index is 1.79. The standard InChI is InChI=1S/C24H19N2/c1-2-16-17-11-6-7-12-18(17)24-21(15-9-4-3-5-10-15)25-20-14-8-13-19-22(16)26(24)23(19)20/h3-14,16,22H,2H2,1H3/q+1. The molecule has 2 aliphatic rings. The molecule has 0 fully saturated rings. The molecule has 0 N–H and O–H groups in total. The Kier molecular flexibility index (Phi) is 2.74. The van der Waals surface area contributed by atoms with Gasteiger partial charge in [-0.05, 0) is 30.2 Å². The third-order valence-corrected chi connectivity index (χ3v) is 6.06. The van der Waals surface area contributed by atoms with E-state index in [1.165, 1.54) is 33.5 Å². The van der Waals surface area contributed by atoms with Crippen molar-refractivity contribution in [3.63, 3.8) is 0 Å². The summed E-state index contributed by atoms with van der Waals surface area (Å²) in [4.78, 5) is 5.12. The van der Waals surface area contributed by atoms with Crippen molar-refractivity contribution in [3.8, 4) is 22.5 Å². The smallest absolute Gasteiger partial charge is 0.234 e. The van der Waals surface area contributed by atoms with Crippen LogP contribution in [0.15, 0.2) is 72.8 Å². The second kappa shape index (κ2) is 5.01. The summed E-state index contributed by atoms with van der Waals surface area (Å²) in [6.07, 6.45) is 1.15. The minimum Gasteiger partial charge on any atom is -0.234 e. The lowest BCUT2D eigenvalue weighted by Gasteiger charge is -2.36. The molecular weight excluding hydrogens is 316 g/mol. The minimum atomic E-state index is 0.439. The summed E-state index contributed by atoms with van der Waals surface area (Å²) in [7, 11) is 0. The van der Waals surface area contributed by atoms with E-state index in [1.54, 1.807) is 0 Å². The maximum atomic E-state index is 5.12. The van der Waals surface area contributed by atoms with Crippen LogP contribution in [-0.4, -0.2) is 4.98 Å². The van der Waals surface area contributed by atoms with Crippen LogP contribution in [0.5, 0.6) is 0 Å². The van der Waals surface area contributed by atoms with Crippen molar-refractivity contribution in [2.75, 3.05) is 0 Å². The highest BCUT2D eigenvalue weighted by Crippen LogP contribution is 2.50. The van der Waals surface area contributed by atoms with Crippen molar-refractivity contribution < 1.29 is 4.57 Å². The Morgan fingerprint density at radius 3 is 2.46 bits per heavy atom. The molecule has 2 unspecified atom stereocenters. The van der Waals surface area contributed by atoms with E-state index in [0.717, 1.165) is 17.6 Å². The molecule has 4 aromatic rings. The van der Waals surface area contributed by atoms with E-state index < -0.39 is 0 Å². The van der Waals surface area contributed by atoms with Crippen molar-refractivity contribution in [2.45, 2.75) is 25.3 Å². The van der Waals surface area contributed by atoms with Crippen molar-refractivity contribution >= 4 is 11.0 Å². The van der Waals surface area contributed by atoms with Crippen LogP contribution in [0.4, 0.5) is 0 Å². The highest BCUT2D eigenvalue weighted by Gasteiger charge is 2.51. The van der Waals surface area contributed by atoms with Crippen molar-refractivity contribution in [3.05, 3.63) is 83.9 Å². The quantitative estimate of drug-likeness (QED) is 0.456. The number of hydrogen-bond acceptors (Lipinski definition) is 1. The molecule has 0 spiro atoms. The van der Waals surface area contributed by atoms with Crippen LogP contribution in [0.25, 0.3) is 33.5 Å². The normalized spacial score (nSPS) is 19.1. The fourth-order valence-corrected chi connectivity index (χ4v) is 4.99. The van der Waals surface area contributed by atoms with Crippen LogP contribution in [0.3, 0.4) is 0 Å². The number of rotatable bonds is 2. The number of aromatic nitrogens is 2. The first-order valence-corrected chi connectivity index (χ1v) is 9.41. The molecule has 2 nitrogen and oxygen atoms in total. The molecule has 1 aromatic heterocycles. The molecule has 0 amide bonds. The van der Waals surface area contributed by atoms with E-state index in [-0.39, 0.29) is 0 Å². The molecule has 3 aromatic carbocycles. The van der Waals surface area contributed by atoms with Gasteiger partial charge >= 0.3 is 0 Å². The molecule has 0 saturated heterocycles. The lowest BCUT2D eigenvalue weighted by Crippen LogP contribution is -2.56. The van der Waals surface area contributed by atoms with Gasteiger partial charge in [-0.1, -0.05) is 61.5 Å². The Bertz CT molecular complexity index is 1180. The van der Waals surface area contributed by atoms with Crippen LogP contribution < -0.4 is 4.57 Å². The number of nitrogens with zero attached hydrogens (tertiary/aromatic N) is 2. The van der Waals surface area contributed by atoms with E-state index in [1.807, 2.05) is 0 Å². The second-order valence-corrected chi connectivity index (χ2v) is 7.31. The average molecular weight is 335 g/mol. The molecule has 3 heterocycles. The number of fused-ring (bicyclic) bond motifs is 3. The van der Waals surface area contributed by atoms with E-state index >= 15 is 0 Å². The van der Waals surface area contributed by atoms with Gasteiger partial charge in [0.1, 0.15) is 11.2 Å². The molecule has 6 rings (SSSR count). The molecule has 0 saturated carbocycles. The van der Waals surface area contributed by atoms with E-state index in [4.69, 9.17) is 4.98 Å². The zero-order valence-electron chi connectivity index (χ0n) is 14.7. The third kappa shape index (κ3) is 1.62. The largest absolute Gasteiger partial charge is 0.242 e. The Labute approximate surface area is 152 Å². The molecule has 2 aliphatic heterocycles. The summed E-state index contributed by atoms with van der Waals surface area (Å²) in [5.74, 6) is 0.535. The molecule has 26 heavy (non-hydrogen) atoms. The van der Waals surface area contributed by atoms with Crippen molar-refractivity contribution in [2.24, 2.45) is 0 Å². The molecule has 0 bridgehead atoms. The topological polar surface area (TPSA) is 16.8 Å². The second-order valence-electron chi connectivity index (χ2n) is 7.31. The molecule has 2 atom stereocenters. The molecule has 0 radical (unpaired) electrons. The SMILES string of the molecule is CCC1c2ccccc2-c2c(-c3ccccc3)nc3cccc4c3[n+]2C41. The van der Waals surface area contributed by atoms with Crippen molar-refractivity contribution in [1.29, 1.82) is 0 Å². The predicted octanol–water partition coefficient (Wildman–Crippen LogP) is 5.27. The van der Waals surface area contributed by atoms with Crippen LogP contribution >= 0.6 is 0 Å². The zero-order valence-corrected chi connectivity index (χ0v) is 14.7. The molecule has 124 valence electrons. The van der Waals surface area contributed by atoms with Crippen LogP contribution in [-0.2, 0) is 0 Å². The highest BCUT2D eigenvalue weighted by molar-refractivity contribution is 5.88. The molecule has 0 aliphatic carbocycles. The van der Waals surface area contributed by atoms with E-state index in [2.05, 4.69) is 84.3 Å². The Morgan fingerprint density at radius 2 is 1.62 bits per heavy atom.